The van der Waals surface area contributed by atoms with Gasteiger partial charge in [-0.15, -0.1) is 23.5 Å². The van der Waals surface area contributed by atoms with Crippen molar-refractivity contribution in [3.05, 3.63) is 117 Å². The summed E-state index contributed by atoms with van der Waals surface area (Å²) in [5.41, 5.74) is 4.19. The van der Waals surface area contributed by atoms with Crippen LogP contribution in [0.4, 0.5) is 0 Å². The number of hydrogen-bond acceptors (Lipinski definition) is 14. The number of carbonyl (C=O) groups is 6. The highest BCUT2D eigenvalue weighted by Crippen LogP contribution is 2.42. The van der Waals surface area contributed by atoms with Crippen molar-refractivity contribution in [3.8, 4) is 5.75 Å². The third kappa shape index (κ3) is 12.5. The van der Waals surface area contributed by atoms with Crippen LogP contribution in [-0.2, 0) is 53.0 Å². The molecule has 4 aromatic rings. The molecule has 1 aromatic heterocycles. The number of fused-ring (bicyclic) bond motifs is 1. The molecule has 0 bridgehead atoms. The van der Waals surface area contributed by atoms with E-state index in [4.69, 9.17) is 37.1 Å². The Morgan fingerprint density at radius 3 is 1.99 bits per heavy atom. The molecule has 17 nitrogen and oxygen atoms in total. The van der Waals surface area contributed by atoms with Gasteiger partial charge in [0.25, 0.3) is 11.8 Å². The minimum atomic E-state index is -1.59. The summed E-state index contributed by atoms with van der Waals surface area (Å²) in [7, 11) is 0. The summed E-state index contributed by atoms with van der Waals surface area (Å²) < 4.78 is 15.0. The van der Waals surface area contributed by atoms with E-state index in [1.807, 2.05) is 65.8 Å². The van der Waals surface area contributed by atoms with E-state index in [1.54, 1.807) is 36.4 Å². The predicted molar refractivity (Wildman–Crippen MR) is 273 cm³/mol. The van der Waals surface area contributed by atoms with Gasteiger partial charge in [-0.1, -0.05) is 65.7 Å². The van der Waals surface area contributed by atoms with Gasteiger partial charge in [0.1, 0.15) is 42.4 Å². The van der Waals surface area contributed by atoms with Gasteiger partial charge in [-0.05, 0) is 88.4 Å². The Morgan fingerprint density at radius 2 is 1.43 bits per heavy atom. The molecule has 7 atom stereocenters. The van der Waals surface area contributed by atoms with Crippen LogP contribution >= 0.6 is 46.7 Å². The number of oxazole rings is 1. The number of rotatable bonds is 14. The molecule has 3 aromatic carbocycles. The Balaban J connectivity index is 0.000000240. The van der Waals surface area contributed by atoms with E-state index in [1.165, 1.54) is 45.9 Å². The number of aryl methyl sites for hydroxylation is 2. The number of ether oxygens (including phenoxy) is 2. The summed E-state index contributed by atoms with van der Waals surface area (Å²) in [6.45, 7) is 12.0. The summed E-state index contributed by atoms with van der Waals surface area (Å²) in [4.78, 5) is 84.9. The van der Waals surface area contributed by atoms with Crippen LogP contribution in [0.15, 0.2) is 77.7 Å². The van der Waals surface area contributed by atoms with Gasteiger partial charge in [-0.2, -0.15) is 0 Å². The zero-order valence-corrected chi connectivity index (χ0v) is 44.0. The standard InChI is InChI=1S/C32H37ClN4O7S.C19H23ClN2O4S/c1-18-7-6-9-23(33)22(18)14-35-30(41)28-32(2,3)45-17-37(28)31(42)24(38)12-19(11-20-13-34-16-44-20)29(40)36-27-21-8-4-5-10-26(21)43-15-25(27)39;1-11-5-4-6-13(20)12(11)9-21-17(24)16-19(2,3)27-10-22(16)18(25)14-7-8-15(23)26-14/h4-10,13,16,19,24-25,27-28,38-39H,11-12,14-15,17H2,1-3H3,(H,35,41)(H,36,40);4-6,14,16H,7-10H2,1-3H3,(H,21,24)/t19-,24+,25-,27+,28-;14-,16+/m10/s1. The highest BCUT2D eigenvalue weighted by Gasteiger charge is 2.51. The molecular formula is C51H60Cl2N6O11S2. The number of hydrogen-bond donors (Lipinski definition) is 5. The molecule has 4 aliphatic heterocycles. The van der Waals surface area contributed by atoms with Gasteiger partial charge < -0.3 is 49.9 Å². The lowest BCUT2D eigenvalue weighted by Gasteiger charge is -2.33. The van der Waals surface area contributed by atoms with E-state index in [2.05, 4.69) is 20.9 Å². The number of amides is 5. The first-order valence-electron chi connectivity index (χ1n) is 23.5. The first kappa shape index (κ1) is 54.5. The van der Waals surface area contributed by atoms with Crippen LogP contribution in [0.3, 0.4) is 0 Å². The fourth-order valence-electron chi connectivity index (χ4n) is 9.26. The lowest BCUT2D eigenvalue weighted by Crippen LogP contribution is -2.55. The number of aromatic nitrogens is 1. The Bertz CT molecular complexity index is 2620. The van der Waals surface area contributed by atoms with Gasteiger partial charge in [0.2, 0.25) is 17.7 Å². The molecule has 21 heteroatoms. The van der Waals surface area contributed by atoms with Gasteiger partial charge in [0.15, 0.2) is 12.5 Å². The Hall–Kier alpha value is -5.31. The summed E-state index contributed by atoms with van der Waals surface area (Å²) in [5, 5.41) is 31.8. The van der Waals surface area contributed by atoms with Crippen LogP contribution in [0.2, 0.25) is 10.0 Å². The molecule has 5 N–H and O–H groups in total. The zero-order valence-electron chi connectivity index (χ0n) is 40.8. The van der Waals surface area contributed by atoms with Crippen molar-refractivity contribution >= 4 is 82.2 Å². The number of cyclic esters (lactones) is 1. The van der Waals surface area contributed by atoms with Gasteiger partial charge in [0, 0.05) is 63.4 Å². The Morgan fingerprint density at radius 1 is 0.847 bits per heavy atom. The third-order valence-electron chi connectivity index (χ3n) is 13.3. The Labute approximate surface area is 436 Å². The van der Waals surface area contributed by atoms with Crippen LogP contribution < -0.4 is 20.7 Å². The number of thioether (sulfide) groups is 2. The molecule has 5 heterocycles. The molecule has 5 amide bonds. The minimum absolute atomic E-state index is 0.00223. The molecule has 72 heavy (non-hydrogen) atoms. The third-order valence-corrected chi connectivity index (χ3v) is 16.8. The number of aliphatic hydroxyl groups is 2. The van der Waals surface area contributed by atoms with E-state index in [0.29, 0.717) is 46.0 Å². The molecule has 0 unspecified atom stereocenters. The molecular weight excluding hydrogens is 1010 g/mol. The summed E-state index contributed by atoms with van der Waals surface area (Å²) in [6, 6.07) is 15.9. The second kappa shape index (κ2) is 23.3. The highest BCUT2D eigenvalue weighted by molar-refractivity contribution is 8.01. The lowest BCUT2D eigenvalue weighted by molar-refractivity contribution is -0.154. The number of nitrogens with zero attached hydrogens (tertiary/aromatic N) is 3. The van der Waals surface area contributed by atoms with Crippen LogP contribution in [-0.4, -0.2) is 119 Å². The smallest absolute Gasteiger partial charge is 0.306 e. The fraction of sp³-hybridized carbons (Fsp3) is 0.471. The van der Waals surface area contributed by atoms with Crippen molar-refractivity contribution in [2.75, 3.05) is 18.4 Å². The monoisotopic (exact) mass is 1070 g/mol. The number of halogens is 2. The maximum absolute atomic E-state index is 13.7. The van der Waals surface area contributed by atoms with Crippen LogP contribution in [0.25, 0.3) is 0 Å². The second-order valence-corrected chi connectivity index (χ2v) is 23.2. The van der Waals surface area contributed by atoms with E-state index in [9.17, 15) is 39.0 Å². The molecule has 0 radical (unpaired) electrons. The van der Waals surface area contributed by atoms with E-state index in [0.717, 1.165) is 22.3 Å². The Kier molecular flexibility index (Phi) is 17.6. The fourth-order valence-corrected chi connectivity index (χ4v) is 12.1. The summed E-state index contributed by atoms with van der Waals surface area (Å²) >= 11 is 15.6. The first-order valence-corrected chi connectivity index (χ1v) is 26.3. The highest BCUT2D eigenvalue weighted by atomic mass is 35.5. The number of nitrogens with one attached hydrogen (secondary N) is 3. The normalized spacial score (nSPS) is 22.6. The summed E-state index contributed by atoms with van der Waals surface area (Å²) in [5.74, 6) is -1.80. The molecule has 0 spiro atoms. The number of benzene rings is 3. The topological polar surface area (TPSA) is 230 Å². The SMILES string of the molecule is Cc1cccc(Cl)c1CNC(=O)[C@H]1N(C(=O)[C@@H](O)C[C@@H](Cc2cnco2)C(=O)N[C@H]2c3ccccc3OC[C@H]2O)CSC1(C)C.Cc1cccc(Cl)c1CNC(=O)[C@H]1N(C(=O)[C@@H]2CCC(=O)O2)CSC1(C)C. The van der Waals surface area contributed by atoms with Crippen LogP contribution in [0, 0.1) is 19.8 Å². The predicted octanol–water partition coefficient (Wildman–Crippen LogP) is 5.80. The quantitative estimate of drug-likeness (QED) is 0.0941. The summed E-state index contributed by atoms with van der Waals surface area (Å²) in [6.07, 6.45) is -0.261. The number of aliphatic hydroxyl groups excluding tert-OH is 2. The van der Waals surface area contributed by atoms with E-state index in [-0.39, 0.29) is 62.0 Å². The molecule has 386 valence electrons. The van der Waals surface area contributed by atoms with Gasteiger partial charge in [-0.3, -0.25) is 28.8 Å². The maximum atomic E-state index is 13.7. The van der Waals surface area contributed by atoms with Crippen molar-refractivity contribution < 1.29 is 52.9 Å². The second-order valence-electron chi connectivity index (χ2n) is 19.2. The zero-order chi connectivity index (χ0) is 52.1. The van der Waals surface area contributed by atoms with Crippen LogP contribution in [0.1, 0.15) is 86.6 Å². The first-order chi connectivity index (χ1) is 34.2. The number of carbonyl (C=O) groups excluding carboxylic acids is 6. The van der Waals surface area contributed by atoms with Gasteiger partial charge in [0.05, 0.1) is 24.0 Å². The van der Waals surface area contributed by atoms with Crippen molar-refractivity contribution in [1.29, 1.82) is 0 Å². The van der Waals surface area contributed by atoms with Gasteiger partial charge in [-0.25, -0.2) is 4.98 Å². The molecule has 4 aliphatic rings. The van der Waals surface area contributed by atoms with Crippen molar-refractivity contribution in [2.45, 2.75) is 126 Å². The largest absolute Gasteiger partial charge is 0.490 e. The number of para-hydroxylation sites is 1. The number of esters is 1. The lowest BCUT2D eigenvalue weighted by atomic mass is 9.92. The maximum Gasteiger partial charge on any atom is 0.306 e. The average Bonchev–Trinajstić information content (AvgIpc) is 4.15. The van der Waals surface area contributed by atoms with Crippen molar-refractivity contribution in [3.63, 3.8) is 0 Å². The average molecular weight is 1070 g/mol. The molecule has 3 saturated heterocycles. The van der Waals surface area contributed by atoms with Crippen molar-refractivity contribution in [2.24, 2.45) is 5.92 Å². The molecule has 3 fully saturated rings. The van der Waals surface area contributed by atoms with E-state index >= 15 is 0 Å². The minimum Gasteiger partial charge on any atom is -0.490 e. The van der Waals surface area contributed by atoms with Crippen molar-refractivity contribution in [1.82, 2.24) is 30.7 Å². The van der Waals surface area contributed by atoms with Crippen LogP contribution in [0.5, 0.6) is 5.75 Å². The molecule has 0 saturated carbocycles. The van der Waals surface area contributed by atoms with Gasteiger partial charge >= 0.3 is 5.97 Å². The van der Waals surface area contributed by atoms with E-state index < -0.39 is 63.7 Å². The molecule has 0 aliphatic carbocycles. The molecule has 8 rings (SSSR count).